The number of hydrogen-bond acceptors (Lipinski definition) is 6. The van der Waals surface area contributed by atoms with Crippen LogP contribution in [0, 0.1) is 26.1 Å². The van der Waals surface area contributed by atoms with Gasteiger partial charge in [-0.2, -0.15) is 0 Å². The van der Waals surface area contributed by atoms with Crippen LogP contribution < -0.4 is 0 Å². The summed E-state index contributed by atoms with van der Waals surface area (Å²) in [5, 5.41) is 21.6. The summed E-state index contributed by atoms with van der Waals surface area (Å²) in [5.41, 5.74) is -1.17. The zero-order valence-electron chi connectivity index (χ0n) is 12.1. The van der Waals surface area contributed by atoms with E-state index in [0.717, 1.165) is 43.9 Å². The van der Waals surface area contributed by atoms with Gasteiger partial charge in [-0.25, -0.2) is 4.79 Å². The van der Waals surface area contributed by atoms with Crippen molar-refractivity contribution >= 4 is 17.3 Å². The van der Waals surface area contributed by atoms with E-state index in [1.807, 2.05) is 0 Å². The highest BCUT2D eigenvalue weighted by atomic mass is 16.6. The van der Waals surface area contributed by atoms with Gasteiger partial charge in [-0.3, -0.25) is 20.2 Å². The lowest BCUT2D eigenvalue weighted by atomic mass is 9.89. The second-order valence-corrected chi connectivity index (χ2v) is 5.54. The zero-order chi connectivity index (χ0) is 16.3. The fraction of sp³-hybridized carbons (Fsp3) is 0.500. The maximum absolute atomic E-state index is 12.1. The van der Waals surface area contributed by atoms with Gasteiger partial charge in [0, 0.05) is 12.1 Å². The molecule has 0 saturated heterocycles. The molecule has 0 heterocycles. The molecule has 0 bridgehead atoms. The predicted octanol–water partition coefficient (Wildman–Crippen LogP) is 3.24. The Kier molecular flexibility index (Phi) is 4.69. The number of nitro benzene ring substituents is 2. The predicted molar refractivity (Wildman–Crippen MR) is 76.6 cm³/mol. The summed E-state index contributed by atoms with van der Waals surface area (Å²) in [6.45, 7) is 2.13. The van der Waals surface area contributed by atoms with E-state index in [1.54, 1.807) is 0 Å². The normalized spacial score (nSPS) is 21.1. The van der Waals surface area contributed by atoms with Crippen LogP contribution in [0.15, 0.2) is 18.2 Å². The van der Waals surface area contributed by atoms with Gasteiger partial charge in [-0.05, 0) is 31.6 Å². The molecule has 2 rings (SSSR count). The number of hydrogen-bond donors (Lipinski definition) is 0. The summed E-state index contributed by atoms with van der Waals surface area (Å²) in [7, 11) is 0. The first-order chi connectivity index (χ1) is 10.4. The van der Waals surface area contributed by atoms with E-state index >= 15 is 0 Å². The summed E-state index contributed by atoms with van der Waals surface area (Å²) in [4.78, 5) is 32.1. The molecule has 0 amide bonds. The molecule has 0 aliphatic heterocycles. The van der Waals surface area contributed by atoms with Crippen molar-refractivity contribution in [2.75, 3.05) is 0 Å². The molecular weight excluding hydrogens is 292 g/mol. The van der Waals surface area contributed by atoms with Crippen LogP contribution in [-0.4, -0.2) is 21.9 Å². The first-order valence-corrected chi connectivity index (χ1v) is 7.01. The topological polar surface area (TPSA) is 113 Å². The number of nitro groups is 2. The van der Waals surface area contributed by atoms with Crippen LogP contribution in [0.3, 0.4) is 0 Å². The Labute approximate surface area is 126 Å². The van der Waals surface area contributed by atoms with E-state index in [1.165, 1.54) is 0 Å². The monoisotopic (exact) mass is 308 g/mol. The molecular formula is C14H16N2O6. The minimum absolute atomic E-state index is 0.167. The smallest absolute Gasteiger partial charge is 0.338 e. The first-order valence-electron chi connectivity index (χ1n) is 7.01. The van der Waals surface area contributed by atoms with E-state index in [9.17, 15) is 25.0 Å². The lowest BCUT2D eigenvalue weighted by Gasteiger charge is -2.25. The molecule has 0 N–H and O–H groups in total. The Hall–Kier alpha value is -2.51. The van der Waals surface area contributed by atoms with Crippen LogP contribution in [0.5, 0.6) is 0 Å². The summed E-state index contributed by atoms with van der Waals surface area (Å²) in [6.07, 6.45) is 3.15. The molecule has 1 aromatic rings. The first kappa shape index (κ1) is 15.9. The van der Waals surface area contributed by atoms with E-state index in [2.05, 4.69) is 6.92 Å². The van der Waals surface area contributed by atoms with Crippen LogP contribution in [0.2, 0.25) is 0 Å². The van der Waals surface area contributed by atoms with Crippen molar-refractivity contribution in [3.05, 3.63) is 44.0 Å². The summed E-state index contributed by atoms with van der Waals surface area (Å²) in [5.74, 6) is -0.166. The maximum Gasteiger partial charge on any atom is 0.338 e. The second kappa shape index (κ2) is 6.50. The third-order valence-corrected chi connectivity index (χ3v) is 3.80. The minimum atomic E-state index is -0.772. The van der Waals surface area contributed by atoms with E-state index < -0.39 is 27.2 Å². The quantitative estimate of drug-likeness (QED) is 0.479. The highest BCUT2D eigenvalue weighted by Crippen LogP contribution is 2.28. The Morgan fingerprint density at radius 2 is 1.55 bits per heavy atom. The maximum atomic E-state index is 12.1. The van der Waals surface area contributed by atoms with Crippen molar-refractivity contribution in [2.45, 2.75) is 38.7 Å². The van der Waals surface area contributed by atoms with Crippen LogP contribution in [0.1, 0.15) is 43.0 Å². The molecule has 118 valence electrons. The van der Waals surface area contributed by atoms with Gasteiger partial charge in [0.15, 0.2) is 0 Å². The molecule has 0 unspecified atom stereocenters. The number of benzene rings is 1. The lowest BCUT2D eigenvalue weighted by molar-refractivity contribution is -0.394. The summed E-state index contributed by atoms with van der Waals surface area (Å²) < 4.78 is 5.31. The van der Waals surface area contributed by atoms with Gasteiger partial charge in [0.05, 0.1) is 21.5 Å². The van der Waals surface area contributed by atoms with Gasteiger partial charge in [0.1, 0.15) is 6.10 Å². The van der Waals surface area contributed by atoms with E-state index in [0.29, 0.717) is 5.92 Å². The Bertz CT molecular complexity index is 575. The van der Waals surface area contributed by atoms with Crippen molar-refractivity contribution in [3.8, 4) is 0 Å². The zero-order valence-corrected chi connectivity index (χ0v) is 12.1. The van der Waals surface area contributed by atoms with Gasteiger partial charge in [0.2, 0.25) is 0 Å². The van der Waals surface area contributed by atoms with Crippen molar-refractivity contribution in [2.24, 2.45) is 5.92 Å². The number of nitrogens with zero attached hydrogens (tertiary/aromatic N) is 2. The average molecular weight is 308 g/mol. The van der Waals surface area contributed by atoms with Gasteiger partial charge < -0.3 is 4.74 Å². The molecule has 1 aromatic carbocycles. The Balaban J connectivity index is 2.18. The number of rotatable bonds is 4. The molecule has 1 fully saturated rings. The number of esters is 1. The number of non-ortho nitro benzene ring substituents is 2. The number of ether oxygens (including phenoxy) is 1. The molecule has 1 aliphatic rings. The van der Waals surface area contributed by atoms with Crippen molar-refractivity contribution in [1.82, 2.24) is 0 Å². The van der Waals surface area contributed by atoms with E-state index in [-0.39, 0.29) is 11.7 Å². The van der Waals surface area contributed by atoms with Gasteiger partial charge in [-0.15, -0.1) is 0 Å². The van der Waals surface area contributed by atoms with Crippen molar-refractivity contribution in [1.29, 1.82) is 0 Å². The fourth-order valence-electron chi connectivity index (χ4n) is 2.49. The van der Waals surface area contributed by atoms with Crippen LogP contribution in [0.4, 0.5) is 11.4 Å². The largest absolute Gasteiger partial charge is 0.459 e. The molecule has 8 nitrogen and oxygen atoms in total. The SMILES string of the molecule is C[C@H]1CC[C@H](OC(=O)c2cc([N+](=O)[O-])cc([N+](=O)[O-])c2)CC1. The Morgan fingerprint density at radius 1 is 1.05 bits per heavy atom. The number of carbonyl (C=O) groups is 1. The molecule has 0 aromatic heterocycles. The third kappa shape index (κ3) is 3.78. The van der Waals surface area contributed by atoms with Gasteiger partial charge >= 0.3 is 5.97 Å². The lowest BCUT2D eigenvalue weighted by Crippen LogP contribution is -2.23. The average Bonchev–Trinajstić information content (AvgIpc) is 2.49. The van der Waals surface area contributed by atoms with E-state index in [4.69, 9.17) is 4.74 Å². The molecule has 0 atom stereocenters. The molecule has 22 heavy (non-hydrogen) atoms. The van der Waals surface area contributed by atoms with Gasteiger partial charge in [0.25, 0.3) is 11.4 Å². The van der Waals surface area contributed by atoms with Crippen LogP contribution in [-0.2, 0) is 4.74 Å². The van der Waals surface area contributed by atoms with Crippen LogP contribution >= 0.6 is 0 Å². The standard InChI is InChI=1S/C14H16N2O6/c1-9-2-4-13(5-3-9)22-14(17)10-6-11(15(18)19)8-12(7-10)16(20)21/h6-9,13H,2-5H2,1H3/t9-,13-. The molecule has 0 spiro atoms. The highest BCUT2D eigenvalue weighted by molar-refractivity contribution is 5.91. The van der Waals surface area contributed by atoms with Gasteiger partial charge in [-0.1, -0.05) is 6.92 Å². The van der Waals surface area contributed by atoms with Crippen LogP contribution in [0.25, 0.3) is 0 Å². The second-order valence-electron chi connectivity index (χ2n) is 5.54. The molecule has 0 radical (unpaired) electrons. The third-order valence-electron chi connectivity index (χ3n) is 3.80. The number of carbonyl (C=O) groups excluding carboxylic acids is 1. The summed E-state index contributed by atoms with van der Waals surface area (Å²) in [6, 6.07) is 2.82. The Morgan fingerprint density at radius 3 is 2.00 bits per heavy atom. The highest BCUT2D eigenvalue weighted by Gasteiger charge is 2.25. The fourth-order valence-corrected chi connectivity index (χ4v) is 2.49. The molecule has 8 heteroatoms. The molecule has 1 aliphatic carbocycles. The summed E-state index contributed by atoms with van der Waals surface area (Å²) >= 11 is 0. The van der Waals surface area contributed by atoms with Crippen molar-refractivity contribution in [3.63, 3.8) is 0 Å². The minimum Gasteiger partial charge on any atom is -0.459 e. The molecule has 1 saturated carbocycles. The van der Waals surface area contributed by atoms with Crippen molar-refractivity contribution < 1.29 is 19.4 Å².